The van der Waals surface area contributed by atoms with Crippen LogP contribution < -0.4 is 15.0 Å². The Bertz CT molecular complexity index is 1470. The molecule has 0 N–H and O–H groups in total. The SMILES string of the molecule is CCCCc1nc2ccc(Br)cc2c(=O)n1N=Cc1cc(OC)c(OCc2ccccc2)c(Br)c1Br. The summed E-state index contributed by atoms with van der Waals surface area (Å²) in [4.78, 5) is 18.1. The molecule has 0 aliphatic rings. The molecule has 0 aliphatic carbocycles. The molecule has 1 aromatic heterocycles. The molecular weight excluding hydrogens is 654 g/mol. The van der Waals surface area contributed by atoms with Crippen molar-refractivity contribution in [2.45, 2.75) is 32.8 Å². The third-order valence-corrected chi connectivity index (χ3v) is 8.18. The summed E-state index contributed by atoms with van der Waals surface area (Å²) in [5.41, 5.74) is 2.20. The standard InChI is InChI=1S/C27H24Br3N3O3/c1-3-4-10-23-32-21-12-11-19(28)14-20(21)27(34)33(23)31-15-18-13-22(35-2)26(25(30)24(18)29)36-16-17-8-6-5-7-9-17/h5-9,11-15H,3-4,10,16H2,1-2H3. The van der Waals surface area contributed by atoms with Crippen molar-refractivity contribution in [3.05, 3.63) is 95.3 Å². The minimum absolute atomic E-state index is 0.214. The van der Waals surface area contributed by atoms with E-state index in [0.717, 1.165) is 27.4 Å². The van der Waals surface area contributed by atoms with Gasteiger partial charge in [0.15, 0.2) is 11.5 Å². The van der Waals surface area contributed by atoms with Crippen molar-refractivity contribution in [1.82, 2.24) is 9.66 Å². The van der Waals surface area contributed by atoms with Crippen molar-refractivity contribution in [3.63, 3.8) is 0 Å². The molecule has 4 rings (SSSR count). The van der Waals surface area contributed by atoms with Gasteiger partial charge >= 0.3 is 0 Å². The lowest BCUT2D eigenvalue weighted by molar-refractivity contribution is 0.282. The van der Waals surface area contributed by atoms with Crippen molar-refractivity contribution < 1.29 is 9.47 Å². The van der Waals surface area contributed by atoms with Crippen LogP contribution in [0, 0.1) is 0 Å². The van der Waals surface area contributed by atoms with Crippen molar-refractivity contribution in [1.29, 1.82) is 0 Å². The van der Waals surface area contributed by atoms with Gasteiger partial charge in [0.2, 0.25) is 0 Å². The Kier molecular flexibility index (Phi) is 8.98. The molecule has 0 saturated heterocycles. The van der Waals surface area contributed by atoms with Gasteiger partial charge < -0.3 is 9.47 Å². The summed E-state index contributed by atoms with van der Waals surface area (Å²) in [5, 5.41) is 5.07. The van der Waals surface area contributed by atoms with E-state index in [-0.39, 0.29) is 5.56 Å². The van der Waals surface area contributed by atoms with E-state index < -0.39 is 0 Å². The number of rotatable bonds is 9. The summed E-state index contributed by atoms with van der Waals surface area (Å²) in [5.74, 6) is 1.74. The first-order valence-electron chi connectivity index (χ1n) is 11.4. The van der Waals surface area contributed by atoms with Gasteiger partial charge in [-0.25, -0.2) is 4.98 Å². The van der Waals surface area contributed by atoms with E-state index in [0.29, 0.717) is 51.3 Å². The van der Waals surface area contributed by atoms with Crippen molar-refractivity contribution >= 4 is 64.9 Å². The van der Waals surface area contributed by atoms with E-state index in [4.69, 9.17) is 14.5 Å². The van der Waals surface area contributed by atoms with Crippen LogP contribution in [0.25, 0.3) is 10.9 Å². The van der Waals surface area contributed by atoms with Crippen LogP contribution in [0.15, 0.2) is 77.9 Å². The normalized spacial score (nSPS) is 11.4. The molecule has 0 fully saturated rings. The van der Waals surface area contributed by atoms with E-state index in [1.165, 1.54) is 4.68 Å². The van der Waals surface area contributed by atoms with Crippen LogP contribution in [0.3, 0.4) is 0 Å². The van der Waals surface area contributed by atoms with Crippen molar-refractivity contribution in [2.75, 3.05) is 7.11 Å². The van der Waals surface area contributed by atoms with E-state index in [2.05, 4.69) is 59.8 Å². The fourth-order valence-electron chi connectivity index (χ4n) is 3.64. The van der Waals surface area contributed by atoms with Crippen LogP contribution >= 0.6 is 47.8 Å². The minimum Gasteiger partial charge on any atom is -0.493 e. The summed E-state index contributed by atoms with van der Waals surface area (Å²) in [6.45, 7) is 2.50. The first kappa shape index (κ1) is 26.6. The van der Waals surface area contributed by atoms with Gasteiger partial charge in [-0.2, -0.15) is 9.78 Å². The highest BCUT2D eigenvalue weighted by atomic mass is 79.9. The van der Waals surface area contributed by atoms with Crippen LogP contribution in [0.5, 0.6) is 11.5 Å². The molecule has 0 saturated carbocycles. The van der Waals surface area contributed by atoms with Gasteiger partial charge in [-0.15, -0.1) is 0 Å². The monoisotopic (exact) mass is 675 g/mol. The van der Waals surface area contributed by atoms with Gasteiger partial charge in [0.05, 0.1) is 28.7 Å². The predicted molar refractivity (Wildman–Crippen MR) is 154 cm³/mol. The summed E-state index contributed by atoms with van der Waals surface area (Å²) in [6, 6.07) is 17.2. The van der Waals surface area contributed by atoms with Crippen LogP contribution in [-0.2, 0) is 13.0 Å². The van der Waals surface area contributed by atoms with E-state index >= 15 is 0 Å². The zero-order chi connectivity index (χ0) is 25.7. The predicted octanol–water partition coefficient (Wildman–Crippen LogP) is 7.50. The number of methoxy groups -OCH3 is 1. The second kappa shape index (κ2) is 12.2. The molecule has 4 aromatic rings. The van der Waals surface area contributed by atoms with Gasteiger partial charge in [-0.3, -0.25) is 4.79 Å². The number of ether oxygens (including phenoxy) is 2. The number of unbranched alkanes of at least 4 members (excludes halogenated alkanes) is 1. The van der Waals surface area contributed by atoms with Gasteiger partial charge in [-0.1, -0.05) is 59.6 Å². The Morgan fingerprint density at radius 3 is 2.56 bits per heavy atom. The highest BCUT2D eigenvalue weighted by Crippen LogP contribution is 2.42. The molecule has 0 amide bonds. The number of halogens is 3. The van der Waals surface area contributed by atoms with Gasteiger partial charge in [0.1, 0.15) is 12.4 Å². The number of nitrogens with zero attached hydrogens (tertiary/aromatic N) is 3. The zero-order valence-electron chi connectivity index (χ0n) is 19.8. The Morgan fingerprint density at radius 2 is 1.83 bits per heavy atom. The maximum Gasteiger partial charge on any atom is 0.282 e. The Labute approximate surface area is 234 Å². The molecule has 0 spiro atoms. The molecule has 0 bridgehead atoms. The second-order valence-corrected chi connectivity index (χ2v) is 10.6. The average Bonchev–Trinajstić information content (AvgIpc) is 2.89. The first-order valence-corrected chi connectivity index (χ1v) is 13.8. The lowest BCUT2D eigenvalue weighted by atomic mass is 10.2. The number of aryl methyl sites for hydroxylation is 1. The number of benzene rings is 3. The molecule has 36 heavy (non-hydrogen) atoms. The fourth-order valence-corrected chi connectivity index (χ4v) is 4.94. The molecule has 0 unspecified atom stereocenters. The Balaban J connectivity index is 1.73. The number of hydrogen-bond acceptors (Lipinski definition) is 5. The number of fused-ring (bicyclic) bond motifs is 1. The summed E-state index contributed by atoms with van der Waals surface area (Å²) < 4.78 is 15.3. The highest BCUT2D eigenvalue weighted by Gasteiger charge is 2.17. The molecule has 0 atom stereocenters. The third kappa shape index (κ3) is 5.90. The minimum atomic E-state index is -0.214. The second-order valence-electron chi connectivity index (χ2n) is 8.05. The lowest BCUT2D eigenvalue weighted by Gasteiger charge is -2.15. The Morgan fingerprint density at radius 1 is 1.06 bits per heavy atom. The number of aromatic nitrogens is 2. The molecule has 0 aliphatic heterocycles. The number of hydrogen-bond donors (Lipinski definition) is 0. The fraction of sp³-hybridized carbons (Fsp3) is 0.222. The molecule has 1 heterocycles. The first-order chi connectivity index (χ1) is 17.4. The van der Waals surface area contributed by atoms with Crippen molar-refractivity contribution in [2.24, 2.45) is 5.10 Å². The van der Waals surface area contributed by atoms with Gasteiger partial charge in [0.25, 0.3) is 5.56 Å². The molecule has 0 radical (unpaired) electrons. The maximum atomic E-state index is 13.4. The topological polar surface area (TPSA) is 65.7 Å². The maximum absolute atomic E-state index is 13.4. The third-order valence-electron chi connectivity index (χ3n) is 5.54. The smallest absolute Gasteiger partial charge is 0.282 e. The average molecular weight is 678 g/mol. The summed E-state index contributed by atoms with van der Waals surface area (Å²) in [7, 11) is 1.59. The highest BCUT2D eigenvalue weighted by molar-refractivity contribution is 9.13. The van der Waals surface area contributed by atoms with E-state index in [1.807, 2.05) is 48.5 Å². The van der Waals surface area contributed by atoms with Crippen LogP contribution in [-0.4, -0.2) is 23.0 Å². The summed E-state index contributed by atoms with van der Waals surface area (Å²) >= 11 is 10.7. The lowest BCUT2D eigenvalue weighted by Crippen LogP contribution is -2.22. The van der Waals surface area contributed by atoms with Crippen LogP contribution in [0.4, 0.5) is 0 Å². The molecule has 186 valence electrons. The molecule has 3 aromatic carbocycles. The van der Waals surface area contributed by atoms with Gasteiger partial charge in [-0.05, 0) is 68.1 Å². The molecular formula is C27H24Br3N3O3. The molecule has 6 nitrogen and oxygen atoms in total. The summed E-state index contributed by atoms with van der Waals surface area (Å²) in [6.07, 6.45) is 4.16. The van der Waals surface area contributed by atoms with Gasteiger partial charge in [0, 0.05) is 20.9 Å². The van der Waals surface area contributed by atoms with Crippen LogP contribution in [0.2, 0.25) is 0 Å². The van der Waals surface area contributed by atoms with Crippen molar-refractivity contribution in [3.8, 4) is 11.5 Å². The quantitative estimate of drug-likeness (QED) is 0.172. The Hall–Kier alpha value is -2.49. The van der Waals surface area contributed by atoms with E-state index in [9.17, 15) is 4.79 Å². The zero-order valence-corrected chi connectivity index (χ0v) is 24.6. The molecule has 9 heteroatoms. The van der Waals surface area contributed by atoms with Crippen LogP contribution in [0.1, 0.15) is 36.7 Å². The van der Waals surface area contributed by atoms with E-state index in [1.54, 1.807) is 19.4 Å². The largest absolute Gasteiger partial charge is 0.493 e.